The molecule has 0 radical (unpaired) electrons. The maximum atomic E-state index is 10.3. The number of aliphatic hydroxyl groups excluding tert-OH is 1. The highest BCUT2D eigenvalue weighted by Gasteiger charge is 2.12. The molecule has 1 rings (SSSR count). The Hall–Kier alpha value is -1.08. The van der Waals surface area contributed by atoms with Crippen molar-refractivity contribution in [2.75, 3.05) is 6.61 Å². The SMILES string of the molecule is O=C(O)c1nc(S)n(CCO)n1. The molecule has 1 aromatic heterocycles. The molecule has 0 saturated carbocycles. The van der Waals surface area contributed by atoms with E-state index in [-0.39, 0.29) is 24.1 Å². The molecule has 0 bridgehead atoms. The number of rotatable bonds is 3. The van der Waals surface area contributed by atoms with E-state index in [9.17, 15) is 4.79 Å². The van der Waals surface area contributed by atoms with E-state index in [1.165, 1.54) is 4.68 Å². The van der Waals surface area contributed by atoms with Crippen molar-refractivity contribution in [3.8, 4) is 0 Å². The molecule has 66 valence electrons. The zero-order valence-corrected chi connectivity index (χ0v) is 6.90. The smallest absolute Gasteiger partial charge is 0.375 e. The predicted octanol–water partition coefficient (Wildman–Crippen LogP) is -0.743. The Morgan fingerprint density at radius 3 is 2.75 bits per heavy atom. The zero-order chi connectivity index (χ0) is 9.14. The maximum Gasteiger partial charge on any atom is 0.375 e. The summed E-state index contributed by atoms with van der Waals surface area (Å²) < 4.78 is 1.21. The normalized spacial score (nSPS) is 10.2. The van der Waals surface area contributed by atoms with Gasteiger partial charge in [-0.15, -0.1) is 17.7 Å². The van der Waals surface area contributed by atoms with Crippen molar-refractivity contribution in [2.24, 2.45) is 0 Å². The van der Waals surface area contributed by atoms with Crippen LogP contribution >= 0.6 is 12.6 Å². The fraction of sp³-hybridized carbons (Fsp3) is 0.400. The maximum absolute atomic E-state index is 10.3. The second kappa shape index (κ2) is 3.55. The van der Waals surface area contributed by atoms with Gasteiger partial charge in [0.25, 0.3) is 5.82 Å². The molecule has 7 heteroatoms. The van der Waals surface area contributed by atoms with Crippen LogP contribution in [0.4, 0.5) is 0 Å². The number of aromatic nitrogens is 3. The van der Waals surface area contributed by atoms with E-state index in [0.717, 1.165) is 0 Å². The number of thiol groups is 1. The van der Waals surface area contributed by atoms with Crippen molar-refractivity contribution < 1.29 is 15.0 Å². The zero-order valence-electron chi connectivity index (χ0n) is 6.01. The number of carboxylic acids is 1. The lowest BCUT2D eigenvalue weighted by molar-refractivity contribution is 0.0682. The molecule has 0 spiro atoms. The van der Waals surface area contributed by atoms with Gasteiger partial charge in [-0.1, -0.05) is 0 Å². The van der Waals surface area contributed by atoms with Crippen LogP contribution in [0.3, 0.4) is 0 Å². The second-order valence-electron chi connectivity index (χ2n) is 1.99. The minimum atomic E-state index is -1.21. The Morgan fingerprint density at radius 2 is 2.33 bits per heavy atom. The number of hydrogen-bond acceptors (Lipinski definition) is 5. The molecular weight excluding hydrogens is 182 g/mol. The quantitative estimate of drug-likeness (QED) is 0.545. The van der Waals surface area contributed by atoms with Crippen LogP contribution in [0.1, 0.15) is 10.6 Å². The van der Waals surface area contributed by atoms with Crippen LogP contribution in [0.15, 0.2) is 5.16 Å². The molecule has 0 atom stereocenters. The third-order valence-corrected chi connectivity index (χ3v) is 1.49. The van der Waals surface area contributed by atoms with Crippen LogP contribution in [0, 0.1) is 0 Å². The number of aromatic carboxylic acids is 1. The Morgan fingerprint density at radius 1 is 1.67 bits per heavy atom. The van der Waals surface area contributed by atoms with E-state index in [1.807, 2.05) is 0 Å². The standard InChI is InChI=1S/C5H7N3O3S/c9-2-1-8-5(12)6-3(7-8)4(10)11/h9H,1-2H2,(H,10,11)(H,6,7,12). The van der Waals surface area contributed by atoms with E-state index in [1.54, 1.807) is 0 Å². The minimum Gasteiger partial charge on any atom is -0.475 e. The summed E-state index contributed by atoms with van der Waals surface area (Å²) in [4.78, 5) is 13.9. The van der Waals surface area contributed by atoms with Gasteiger partial charge in [-0.05, 0) is 0 Å². The van der Waals surface area contributed by atoms with Crippen molar-refractivity contribution in [3.05, 3.63) is 5.82 Å². The molecule has 12 heavy (non-hydrogen) atoms. The van der Waals surface area contributed by atoms with Gasteiger partial charge in [-0.25, -0.2) is 9.48 Å². The summed E-state index contributed by atoms with van der Waals surface area (Å²) >= 11 is 3.86. The van der Waals surface area contributed by atoms with Gasteiger partial charge in [0, 0.05) is 0 Å². The molecule has 0 saturated heterocycles. The lowest BCUT2D eigenvalue weighted by Crippen LogP contribution is -2.06. The fourth-order valence-electron chi connectivity index (χ4n) is 0.669. The molecule has 6 nitrogen and oxygen atoms in total. The van der Waals surface area contributed by atoms with Gasteiger partial charge in [-0.2, -0.15) is 4.98 Å². The highest BCUT2D eigenvalue weighted by atomic mass is 32.1. The van der Waals surface area contributed by atoms with Crippen molar-refractivity contribution in [2.45, 2.75) is 11.7 Å². The van der Waals surface area contributed by atoms with E-state index in [0.29, 0.717) is 0 Å². The average molecular weight is 189 g/mol. The molecule has 1 aromatic rings. The van der Waals surface area contributed by atoms with Crippen molar-refractivity contribution in [3.63, 3.8) is 0 Å². The van der Waals surface area contributed by atoms with Gasteiger partial charge in [0.2, 0.25) is 0 Å². The highest BCUT2D eigenvalue weighted by molar-refractivity contribution is 7.80. The summed E-state index contributed by atoms with van der Waals surface area (Å²) in [6.45, 7) is 0.0646. The van der Waals surface area contributed by atoms with Gasteiger partial charge in [0.1, 0.15) is 0 Å². The van der Waals surface area contributed by atoms with E-state index in [4.69, 9.17) is 10.2 Å². The van der Waals surface area contributed by atoms with Gasteiger partial charge < -0.3 is 10.2 Å². The number of hydrogen-bond donors (Lipinski definition) is 3. The van der Waals surface area contributed by atoms with Crippen LogP contribution in [0.5, 0.6) is 0 Å². The summed E-state index contributed by atoms with van der Waals surface area (Å²) in [5, 5.41) is 20.7. The molecule has 0 unspecified atom stereocenters. The van der Waals surface area contributed by atoms with E-state index >= 15 is 0 Å². The van der Waals surface area contributed by atoms with Gasteiger partial charge in [0.05, 0.1) is 13.2 Å². The van der Waals surface area contributed by atoms with Crippen LogP contribution < -0.4 is 0 Å². The molecular formula is C5H7N3O3S. The third-order valence-electron chi connectivity index (χ3n) is 1.16. The van der Waals surface area contributed by atoms with Gasteiger partial charge >= 0.3 is 5.97 Å². The summed E-state index contributed by atoms with van der Waals surface area (Å²) in [6, 6.07) is 0. The summed E-state index contributed by atoms with van der Waals surface area (Å²) in [5.74, 6) is -1.52. The Kier molecular flexibility index (Phi) is 2.66. The molecule has 0 aliphatic heterocycles. The van der Waals surface area contributed by atoms with Crippen LogP contribution in [-0.2, 0) is 6.54 Å². The largest absolute Gasteiger partial charge is 0.475 e. The van der Waals surface area contributed by atoms with Gasteiger partial charge in [-0.3, -0.25) is 0 Å². The molecule has 0 aromatic carbocycles. The first-order valence-corrected chi connectivity index (χ1v) is 3.58. The molecule has 0 fully saturated rings. The van der Waals surface area contributed by atoms with Gasteiger partial charge in [0.15, 0.2) is 5.16 Å². The monoisotopic (exact) mass is 189 g/mol. The van der Waals surface area contributed by atoms with Crippen LogP contribution in [0.25, 0.3) is 0 Å². The average Bonchev–Trinajstić information content (AvgIpc) is 2.34. The topological polar surface area (TPSA) is 88.2 Å². The molecule has 0 aliphatic carbocycles. The Balaban J connectivity index is 2.92. The summed E-state index contributed by atoms with van der Waals surface area (Å²) in [5.41, 5.74) is 0. The number of aliphatic hydroxyl groups is 1. The van der Waals surface area contributed by atoms with Crippen molar-refractivity contribution in [1.29, 1.82) is 0 Å². The Bertz CT molecular complexity index is 298. The fourth-order valence-corrected chi connectivity index (χ4v) is 0.909. The van der Waals surface area contributed by atoms with E-state index in [2.05, 4.69) is 22.7 Å². The lowest BCUT2D eigenvalue weighted by Gasteiger charge is -1.95. The van der Waals surface area contributed by atoms with Crippen molar-refractivity contribution in [1.82, 2.24) is 14.8 Å². The summed E-state index contributed by atoms with van der Waals surface area (Å²) in [6.07, 6.45) is 0. The molecule has 0 aliphatic rings. The molecule has 1 heterocycles. The third kappa shape index (κ3) is 1.74. The Labute approximate surface area is 73.3 Å². The highest BCUT2D eigenvalue weighted by Crippen LogP contribution is 2.02. The first-order valence-electron chi connectivity index (χ1n) is 3.13. The van der Waals surface area contributed by atoms with Crippen LogP contribution in [0.2, 0.25) is 0 Å². The minimum absolute atomic E-state index is 0.129. The van der Waals surface area contributed by atoms with Crippen LogP contribution in [-0.4, -0.2) is 37.6 Å². The number of carbonyl (C=O) groups is 1. The number of nitrogens with zero attached hydrogens (tertiary/aromatic N) is 3. The number of carboxylic acid groups (broad SMARTS) is 1. The first kappa shape index (κ1) is 9.01. The molecule has 2 N–H and O–H groups in total. The second-order valence-corrected chi connectivity index (χ2v) is 2.39. The van der Waals surface area contributed by atoms with Crippen molar-refractivity contribution >= 4 is 18.6 Å². The summed E-state index contributed by atoms with van der Waals surface area (Å²) in [7, 11) is 0. The lowest BCUT2D eigenvalue weighted by atomic mass is 10.6. The van der Waals surface area contributed by atoms with E-state index < -0.39 is 5.97 Å². The predicted molar refractivity (Wildman–Crippen MR) is 41.3 cm³/mol. The molecule has 0 amide bonds. The first-order chi connectivity index (χ1) is 5.65.